The van der Waals surface area contributed by atoms with Gasteiger partial charge in [-0.25, -0.2) is 8.78 Å². The second-order valence-electron chi connectivity index (χ2n) is 5.37. The van der Waals surface area contributed by atoms with Crippen molar-refractivity contribution >= 4 is 5.97 Å². The lowest BCUT2D eigenvalue weighted by molar-refractivity contribution is -0.152. The summed E-state index contributed by atoms with van der Waals surface area (Å²) in [6.07, 6.45) is 1.14. The molecule has 3 nitrogen and oxygen atoms in total. The van der Waals surface area contributed by atoms with E-state index in [2.05, 4.69) is 0 Å². The molecule has 0 radical (unpaired) electrons. The predicted molar refractivity (Wildman–Crippen MR) is 62.6 cm³/mol. The molecule has 0 aromatic heterocycles. The number of carboxylic acid groups (broad SMARTS) is 1. The van der Waals surface area contributed by atoms with Crippen LogP contribution in [0.4, 0.5) is 8.78 Å². The van der Waals surface area contributed by atoms with Gasteiger partial charge in [-0.1, -0.05) is 6.07 Å². The summed E-state index contributed by atoms with van der Waals surface area (Å²) in [7, 11) is 0. The molecule has 1 aromatic rings. The second kappa shape index (κ2) is 4.27. The maximum Gasteiger partial charge on any atom is 0.312 e. The van der Waals surface area contributed by atoms with Gasteiger partial charge in [0.15, 0.2) is 0 Å². The minimum atomic E-state index is -1.19. The molecule has 5 heteroatoms. The Morgan fingerprint density at radius 3 is 2.53 bits per heavy atom. The van der Waals surface area contributed by atoms with Gasteiger partial charge >= 0.3 is 5.97 Å². The third kappa shape index (κ3) is 1.84. The number of ether oxygens (including phenoxy) is 1. The smallest absolute Gasteiger partial charge is 0.312 e. The fraction of sp³-hybridized carbons (Fsp3) is 0.500. The Balaban J connectivity index is 1.98. The topological polar surface area (TPSA) is 46.5 Å². The van der Waals surface area contributed by atoms with Crippen LogP contribution in [0.5, 0.6) is 0 Å². The summed E-state index contributed by atoms with van der Waals surface area (Å²) in [6.45, 7) is 0. The quantitative estimate of drug-likeness (QED) is 0.916. The molecule has 0 amide bonds. The van der Waals surface area contributed by atoms with Gasteiger partial charge in [0.25, 0.3) is 0 Å². The number of benzene rings is 1. The number of hydrogen-bond donors (Lipinski definition) is 1. The van der Waals surface area contributed by atoms with E-state index in [9.17, 15) is 18.7 Å². The molecular formula is C14H14F2O3. The summed E-state index contributed by atoms with van der Waals surface area (Å²) in [5, 5.41) is 9.50. The normalized spacial score (nSPS) is 32.7. The standard InChI is InChI=1S/C14H14F2O3/c15-10-2-1-3-11(16)9(10)7-14(13(17)18)6-8-4-5-12(14)19-8/h1-3,8,12H,4-7H2,(H,17,18). The van der Waals surface area contributed by atoms with E-state index in [1.165, 1.54) is 6.07 Å². The van der Waals surface area contributed by atoms with Crippen molar-refractivity contribution in [3.8, 4) is 0 Å². The first kappa shape index (κ1) is 12.5. The van der Waals surface area contributed by atoms with Crippen molar-refractivity contribution in [2.75, 3.05) is 0 Å². The lowest BCUT2D eigenvalue weighted by Gasteiger charge is -2.31. The highest BCUT2D eigenvalue weighted by molar-refractivity contribution is 5.77. The Bertz CT molecular complexity index is 511. The van der Waals surface area contributed by atoms with Gasteiger partial charge in [-0.2, -0.15) is 0 Å². The summed E-state index contributed by atoms with van der Waals surface area (Å²) in [6, 6.07) is 3.59. The monoisotopic (exact) mass is 268 g/mol. The van der Waals surface area contributed by atoms with Gasteiger partial charge in [0, 0.05) is 5.56 Å². The van der Waals surface area contributed by atoms with E-state index in [-0.39, 0.29) is 18.1 Å². The number of hydrogen-bond acceptors (Lipinski definition) is 2. The largest absolute Gasteiger partial charge is 0.481 e. The molecular weight excluding hydrogens is 254 g/mol. The van der Waals surface area contributed by atoms with Crippen molar-refractivity contribution in [1.82, 2.24) is 0 Å². The average Bonchev–Trinajstić information content (AvgIpc) is 2.94. The van der Waals surface area contributed by atoms with Gasteiger partial charge in [-0.05, 0) is 37.8 Å². The molecule has 3 atom stereocenters. The van der Waals surface area contributed by atoms with Crippen molar-refractivity contribution in [1.29, 1.82) is 0 Å². The Kier molecular flexibility index (Phi) is 2.82. The highest BCUT2D eigenvalue weighted by Gasteiger charge is 2.57. The van der Waals surface area contributed by atoms with E-state index in [4.69, 9.17) is 4.74 Å². The van der Waals surface area contributed by atoms with E-state index >= 15 is 0 Å². The number of rotatable bonds is 3. The molecule has 2 saturated heterocycles. The first-order valence-corrected chi connectivity index (χ1v) is 6.35. The van der Waals surface area contributed by atoms with Crippen molar-refractivity contribution in [2.45, 2.75) is 37.9 Å². The van der Waals surface area contributed by atoms with Gasteiger partial charge in [0.2, 0.25) is 0 Å². The van der Waals surface area contributed by atoms with Gasteiger partial charge < -0.3 is 9.84 Å². The van der Waals surface area contributed by atoms with Gasteiger partial charge in [-0.15, -0.1) is 0 Å². The first-order chi connectivity index (χ1) is 9.03. The van der Waals surface area contributed by atoms with Gasteiger partial charge in [-0.3, -0.25) is 4.79 Å². The summed E-state index contributed by atoms with van der Waals surface area (Å²) in [5.74, 6) is -2.41. The van der Waals surface area contributed by atoms with Crippen molar-refractivity contribution in [3.63, 3.8) is 0 Å². The molecule has 2 fully saturated rings. The van der Waals surface area contributed by atoms with E-state index in [0.717, 1.165) is 18.6 Å². The van der Waals surface area contributed by atoms with Crippen LogP contribution in [0.15, 0.2) is 18.2 Å². The number of halogens is 2. The number of fused-ring (bicyclic) bond motifs is 2. The second-order valence-corrected chi connectivity index (χ2v) is 5.37. The first-order valence-electron chi connectivity index (χ1n) is 6.35. The van der Waals surface area contributed by atoms with Crippen LogP contribution in [0.25, 0.3) is 0 Å². The number of carboxylic acids is 1. The SMILES string of the molecule is O=C(O)C1(Cc2c(F)cccc2F)CC2CCC1O2. The predicted octanol–water partition coefficient (Wildman–Crippen LogP) is 2.53. The highest BCUT2D eigenvalue weighted by Crippen LogP contribution is 2.50. The van der Waals surface area contributed by atoms with Crippen LogP contribution in [0.1, 0.15) is 24.8 Å². The Morgan fingerprint density at radius 1 is 1.37 bits per heavy atom. The molecule has 2 bridgehead atoms. The fourth-order valence-corrected chi connectivity index (χ4v) is 3.30. The Hall–Kier alpha value is -1.49. The van der Waals surface area contributed by atoms with Crippen LogP contribution in [-0.4, -0.2) is 23.3 Å². The molecule has 19 heavy (non-hydrogen) atoms. The van der Waals surface area contributed by atoms with Crippen LogP contribution >= 0.6 is 0 Å². The summed E-state index contributed by atoms with van der Waals surface area (Å²) < 4.78 is 33.0. The molecule has 3 rings (SSSR count). The van der Waals surface area contributed by atoms with Crippen molar-refractivity contribution in [3.05, 3.63) is 35.4 Å². The van der Waals surface area contributed by atoms with Crippen molar-refractivity contribution in [2.24, 2.45) is 5.41 Å². The maximum absolute atomic E-state index is 13.7. The minimum Gasteiger partial charge on any atom is -0.481 e. The molecule has 2 heterocycles. The van der Waals surface area contributed by atoms with Gasteiger partial charge in [0.1, 0.15) is 17.0 Å². The third-order valence-electron chi connectivity index (χ3n) is 4.30. The summed E-state index contributed by atoms with van der Waals surface area (Å²) in [4.78, 5) is 11.6. The lowest BCUT2D eigenvalue weighted by atomic mass is 9.70. The number of carbonyl (C=O) groups is 1. The average molecular weight is 268 g/mol. The molecule has 0 aliphatic carbocycles. The zero-order chi connectivity index (χ0) is 13.6. The zero-order valence-corrected chi connectivity index (χ0v) is 10.2. The fourth-order valence-electron chi connectivity index (χ4n) is 3.30. The summed E-state index contributed by atoms with van der Waals surface area (Å²) in [5.41, 5.74) is -1.34. The van der Waals surface area contributed by atoms with Crippen LogP contribution in [0.3, 0.4) is 0 Å². The van der Waals surface area contributed by atoms with Crippen LogP contribution in [0, 0.1) is 17.0 Å². The van der Waals surface area contributed by atoms with E-state index < -0.39 is 29.1 Å². The highest BCUT2D eigenvalue weighted by atomic mass is 19.1. The molecule has 1 N–H and O–H groups in total. The molecule has 3 unspecified atom stereocenters. The minimum absolute atomic E-state index is 0.0871. The molecule has 1 aromatic carbocycles. The third-order valence-corrected chi connectivity index (χ3v) is 4.30. The van der Waals surface area contributed by atoms with Crippen molar-refractivity contribution < 1.29 is 23.4 Å². The molecule has 0 spiro atoms. The lowest BCUT2D eigenvalue weighted by Crippen LogP contribution is -2.42. The van der Waals surface area contributed by atoms with Crippen LogP contribution in [-0.2, 0) is 16.0 Å². The van der Waals surface area contributed by atoms with E-state index in [1.54, 1.807) is 0 Å². The van der Waals surface area contributed by atoms with Crippen LogP contribution in [0.2, 0.25) is 0 Å². The Morgan fingerprint density at radius 2 is 2.05 bits per heavy atom. The molecule has 2 aliphatic rings. The maximum atomic E-state index is 13.7. The van der Waals surface area contributed by atoms with Gasteiger partial charge in [0.05, 0.1) is 12.2 Å². The molecule has 102 valence electrons. The van der Waals surface area contributed by atoms with Crippen LogP contribution < -0.4 is 0 Å². The molecule has 0 saturated carbocycles. The summed E-state index contributed by atoms with van der Waals surface area (Å²) >= 11 is 0. The molecule has 2 aliphatic heterocycles. The zero-order valence-electron chi connectivity index (χ0n) is 10.2. The van der Waals surface area contributed by atoms with E-state index in [0.29, 0.717) is 12.8 Å². The number of aliphatic carboxylic acids is 1. The Labute approximate surface area is 109 Å². The van der Waals surface area contributed by atoms with E-state index in [1.807, 2.05) is 0 Å².